The van der Waals surface area contributed by atoms with Crippen LogP contribution in [0.4, 0.5) is 23.2 Å². The zero-order chi connectivity index (χ0) is 40.1. The van der Waals surface area contributed by atoms with E-state index in [2.05, 4.69) is 54.5 Å². The highest BCUT2D eigenvalue weighted by molar-refractivity contribution is 5.94. The summed E-state index contributed by atoms with van der Waals surface area (Å²) in [5.74, 6) is -0.387. The van der Waals surface area contributed by atoms with E-state index >= 15 is 4.39 Å². The smallest absolute Gasteiger partial charge is 0.395 e. The molecule has 5 nitrogen and oxygen atoms in total. The summed E-state index contributed by atoms with van der Waals surface area (Å²) in [5.41, 5.74) is 5.63. The second kappa shape index (κ2) is 24.4. The average Bonchev–Trinajstić information content (AvgIpc) is 3.13. The average molecular weight is 752 g/mol. The molecule has 2 aromatic carbocycles. The Morgan fingerprint density at radius 2 is 1.72 bits per heavy atom. The zero-order valence-electron chi connectivity index (χ0n) is 33.0. The largest absolute Gasteiger partial charge is 0.419 e. The number of alkyl halides is 3. The quantitative estimate of drug-likeness (QED) is 0.0280. The first-order valence-corrected chi connectivity index (χ1v) is 19.0. The molecule has 54 heavy (non-hydrogen) atoms. The molecule has 296 valence electrons. The van der Waals surface area contributed by atoms with Gasteiger partial charge in [0.05, 0.1) is 12.2 Å². The maximum absolute atomic E-state index is 15.3. The number of nitrogens with zero attached hydrogens (tertiary/aromatic N) is 2. The van der Waals surface area contributed by atoms with Gasteiger partial charge in [0.15, 0.2) is 0 Å². The number of halogens is 4. The number of aliphatic hydroxyl groups excluding tert-OH is 1. The van der Waals surface area contributed by atoms with E-state index in [-0.39, 0.29) is 23.6 Å². The van der Waals surface area contributed by atoms with Gasteiger partial charge in [0.1, 0.15) is 11.7 Å². The van der Waals surface area contributed by atoms with Gasteiger partial charge in [-0.05, 0) is 106 Å². The summed E-state index contributed by atoms with van der Waals surface area (Å²) in [5, 5.41) is 12.3. The minimum absolute atomic E-state index is 0.144. The van der Waals surface area contributed by atoms with Crippen LogP contribution in [0.2, 0.25) is 0 Å². The number of nitrogens with one attached hydrogen (secondary N) is 1. The van der Waals surface area contributed by atoms with Gasteiger partial charge in [0.25, 0.3) is 0 Å². The molecule has 0 spiro atoms. The van der Waals surface area contributed by atoms with E-state index in [0.29, 0.717) is 43.2 Å². The van der Waals surface area contributed by atoms with Gasteiger partial charge in [-0.25, -0.2) is 9.38 Å². The maximum atomic E-state index is 15.3. The Kier molecular flexibility index (Phi) is 20.9. The van der Waals surface area contributed by atoms with Gasteiger partial charge >= 0.3 is 6.18 Å². The predicted octanol–water partition coefficient (Wildman–Crippen LogP) is 11.5. The Morgan fingerprint density at radius 3 is 2.31 bits per heavy atom. The van der Waals surface area contributed by atoms with Gasteiger partial charge in [-0.15, -0.1) is 5.73 Å². The van der Waals surface area contributed by atoms with Crippen LogP contribution in [0.25, 0.3) is 0 Å². The van der Waals surface area contributed by atoms with Crippen molar-refractivity contribution < 1.29 is 27.4 Å². The number of methoxy groups -OCH3 is 1. The number of aliphatic hydroxyl groups is 1. The van der Waals surface area contributed by atoms with Crippen molar-refractivity contribution in [3.63, 3.8) is 0 Å². The SMILES string of the molecule is C=C(CCC(CCC)C(=C)CCN(CCC)CCO)Cc1ccc(NC(C)=N/C=C(\C(=C=CC)C(=C)C(CCOC)c2ccccc2)C(F)(F)F)cc1F. The van der Waals surface area contributed by atoms with E-state index in [1.54, 1.807) is 26.2 Å². The molecule has 9 heteroatoms. The predicted molar refractivity (Wildman–Crippen MR) is 217 cm³/mol. The maximum Gasteiger partial charge on any atom is 0.419 e. The van der Waals surface area contributed by atoms with E-state index in [4.69, 9.17) is 4.74 Å². The molecule has 2 atom stereocenters. The summed E-state index contributed by atoms with van der Waals surface area (Å²) in [7, 11) is 1.55. The fourth-order valence-corrected chi connectivity index (χ4v) is 6.51. The Bertz CT molecular complexity index is 1610. The van der Waals surface area contributed by atoms with Crippen LogP contribution < -0.4 is 5.32 Å². The number of aliphatic imine (C=N–C) groups is 1. The summed E-state index contributed by atoms with van der Waals surface area (Å²) >= 11 is 0. The third-order valence-electron chi connectivity index (χ3n) is 9.39. The molecule has 0 bridgehead atoms. The summed E-state index contributed by atoms with van der Waals surface area (Å²) in [6.45, 7) is 23.1. The molecule has 0 saturated heterocycles. The molecule has 0 saturated carbocycles. The first kappa shape index (κ1) is 46.1. The van der Waals surface area contributed by atoms with E-state index in [0.717, 1.165) is 69.0 Å². The highest BCUT2D eigenvalue weighted by atomic mass is 19.4. The summed E-state index contributed by atoms with van der Waals surface area (Å²) < 4.78 is 64.3. The van der Waals surface area contributed by atoms with E-state index in [9.17, 15) is 18.3 Å². The summed E-state index contributed by atoms with van der Waals surface area (Å²) in [4.78, 5) is 6.37. The van der Waals surface area contributed by atoms with Crippen molar-refractivity contribution >= 4 is 11.5 Å². The van der Waals surface area contributed by atoms with Crippen LogP contribution in [0.3, 0.4) is 0 Å². The van der Waals surface area contributed by atoms with Crippen molar-refractivity contribution in [3.8, 4) is 0 Å². The van der Waals surface area contributed by atoms with Crippen LogP contribution in [0, 0.1) is 11.7 Å². The van der Waals surface area contributed by atoms with Crippen LogP contribution in [-0.4, -0.2) is 62.0 Å². The van der Waals surface area contributed by atoms with Crippen molar-refractivity contribution in [3.05, 3.63) is 131 Å². The normalized spacial score (nSPS) is 13.3. The number of ether oxygens (including phenoxy) is 1. The van der Waals surface area contributed by atoms with Crippen molar-refractivity contribution in [1.29, 1.82) is 0 Å². The Hall–Kier alpha value is -4.01. The van der Waals surface area contributed by atoms with E-state index in [1.165, 1.54) is 24.6 Å². The molecule has 2 N–H and O–H groups in total. The molecule has 0 aliphatic rings. The van der Waals surface area contributed by atoms with E-state index in [1.807, 2.05) is 30.3 Å². The molecule has 0 heterocycles. The van der Waals surface area contributed by atoms with Gasteiger partial charge in [-0.1, -0.05) is 87.5 Å². The van der Waals surface area contributed by atoms with Crippen molar-refractivity contribution in [2.45, 2.75) is 91.2 Å². The number of hydrogen-bond acceptors (Lipinski definition) is 4. The molecule has 2 aromatic rings. The molecule has 2 unspecified atom stereocenters. The first-order chi connectivity index (χ1) is 25.8. The van der Waals surface area contributed by atoms with E-state index < -0.39 is 23.5 Å². The number of hydrogen-bond donors (Lipinski definition) is 2. The van der Waals surface area contributed by atoms with Gasteiger partial charge in [0.2, 0.25) is 0 Å². The van der Waals surface area contributed by atoms with Crippen LogP contribution >= 0.6 is 0 Å². The lowest BCUT2D eigenvalue weighted by Crippen LogP contribution is -2.29. The first-order valence-electron chi connectivity index (χ1n) is 19.0. The monoisotopic (exact) mass is 751 g/mol. The number of benzene rings is 2. The summed E-state index contributed by atoms with van der Waals surface area (Å²) in [6.07, 6.45) is 3.86. The lowest BCUT2D eigenvalue weighted by molar-refractivity contribution is -0.0893. The molecule has 0 amide bonds. The van der Waals surface area contributed by atoms with Gasteiger partial charge in [0, 0.05) is 50.2 Å². The topological polar surface area (TPSA) is 57.1 Å². The minimum Gasteiger partial charge on any atom is -0.395 e. The third kappa shape index (κ3) is 15.8. The second-order valence-corrected chi connectivity index (χ2v) is 13.7. The Morgan fingerprint density at radius 1 is 1.00 bits per heavy atom. The molecule has 0 aliphatic carbocycles. The van der Waals surface area contributed by atoms with Gasteiger partial charge < -0.3 is 20.1 Å². The van der Waals surface area contributed by atoms with Crippen molar-refractivity contribution in [2.75, 3.05) is 45.3 Å². The van der Waals surface area contributed by atoms with Crippen molar-refractivity contribution in [1.82, 2.24) is 4.90 Å². The second-order valence-electron chi connectivity index (χ2n) is 13.7. The van der Waals surface area contributed by atoms with Gasteiger partial charge in [-0.3, -0.25) is 0 Å². The molecule has 2 rings (SSSR count). The number of rotatable bonds is 24. The molecule has 0 aliphatic heterocycles. The lowest BCUT2D eigenvalue weighted by atomic mass is 9.83. The number of amidine groups is 1. The molecular weight excluding hydrogens is 691 g/mol. The van der Waals surface area contributed by atoms with Crippen LogP contribution in [-0.2, 0) is 11.2 Å². The van der Waals surface area contributed by atoms with Gasteiger partial charge in [-0.2, -0.15) is 13.2 Å². The highest BCUT2D eigenvalue weighted by Crippen LogP contribution is 2.40. The van der Waals surface area contributed by atoms with Crippen molar-refractivity contribution in [2.24, 2.45) is 10.9 Å². The third-order valence-corrected chi connectivity index (χ3v) is 9.39. The zero-order valence-corrected chi connectivity index (χ0v) is 33.0. The fraction of sp³-hybridized carbons (Fsp3) is 0.467. The number of allylic oxidation sites excluding steroid dienone is 4. The lowest BCUT2D eigenvalue weighted by Gasteiger charge is -2.24. The standard InChI is InChI=1S/C45H61F4N3O2/c1-9-15-37(34(5)23-26-52(25-11-3)27-28-53)20-19-33(4)30-39-21-22-40(31-44(39)46)51-36(7)50-32-43(45(47,48)49)42(16-10-2)35(6)41(24-29-54-8)38-17-13-12-14-18-38/h10,12-14,17-18,21-22,31-32,37,41,53H,4-6,9,11,15,19-20,23-30H2,1-3,7-8H3,(H,50,51)/b43-32+. The highest BCUT2D eigenvalue weighted by Gasteiger charge is 2.38. The number of anilines is 1. The van der Waals surface area contributed by atoms with Crippen LogP contribution in [0.15, 0.2) is 119 Å². The molecule has 0 fully saturated rings. The van der Waals surface area contributed by atoms with Crippen LogP contribution in [0.1, 0.15) is 89.7 Å². The molecule has 0 radical (unpaired) electrons. The molecule has 0 aromatic heterocycles. The summed E-state index contributed by atoms with van der Waals surface area (Å²) in [6, 6.07) is 13.9. The fourth-order valence-electron chi connectivity index (χ4n) is 6.51. The van der Waals surface area contributed by atoms with Crippen LogP contribution in [0.5, 0.6) is 0 Å². The Labute approximate surface area is 321 Å². The Balaban J connectivity index is 2.17. The minimum atomic E-state index is -4.75. The molecular formula is C45H61F4N3O2.